The van der Waals surface area contributed by atoms with Gasteiger partial charge in [-0.15, -0.1) is 0 Å². The summed E-state index contributed by atoms with van der Waals surface area (Å²) < 4.78 is 5.91. The van der Waals surface area contributed by atoms with Crippen molar-refractivity contribution < 1.29 is 4.74 Å². The van der Waals surface area contributed by atoms with Gasteiger partial charge >= 0.3 is 0 Å². The first kappa shape index (κ1) is 19.0. The Kier molecular flexibility index (Phi) is 4.47. The molecule has 0 bridgehead atoms. The summed E-state index contributed by atoms with van der Waals surface area (Å²) >= 11 is 0. The number of anilines is 1. The monoisotopic (exact) mass is 429 g/mol. The average Bonchev–Trinajstić information content (AvgIpc) is 3.26. The number of para-hydroxylation sites is 1. The Hall–Kier alpha value is -4.71. The molecule has 3 aromatic carbocycles. The fourth-order valence-corrected chi connectivity index (χ4v) is 4.05. The molecular formula is C27H19N5O. The second-order valence-corrected chi connectivity index (χ2v) is 7.73. The molecule has 6 rings (SSSR count). The molecule has 0 radical (unpaired) electrons. The molecule has 0 aliphatic rings. The minimum atomic E-state index is 0.440. The number of nitrogens with one attached hydrogen (secondary N) is 1. The molecular weight excluding hydrogens is 410 g/mol. The van der Waals surface area contributed by atoms with Crippen molar-refractivity contribution in [1.29, 1.82) is 0 Å². The van der Waals surface area contributed by atoms with Crippen molar-refractivity contribution >= 4 is 27.6 Å². The lowest BCUT2D eigenvalue weighted by molar-refractivity contribution is 0.483. The second kappa shape index (κ2) is 7.76. The number of benzene rings is 3. The summed E-state index contributed by atoms with van der Waals surface area (Å²) in [5.41, 5.74) is 11.7. The fourth-order valence-electron chi connectivity index (χ4n) is 4.05. The highest BCUT2D eigenvalue weighted by Gasteiger charge is 2.16. The summed E-state index contributed by atoms with van der Waals surface area (Å²) in [5.74, 6) is 2.00. The molecule has 0 aliphatic heterocycles. The van der Waals surface area contributed by atoms with Crippen molar-refractivity contribution in [1.82, 2.24) is 20.2 Å². The van der Waals surface area contributed by atoms with Crippen molar-refractivity contribution in [2.75, 3.05) is 5.73 Å². The van der Waals surface area contributed by atoms with E-state index in [9.17, 15) is 0 Å². The topological polar surface area (TPSA) is 89.7 Å². The SMILES string of the molecule is Nc1n[nH]c2c(-c3ccc4ncccc4c3)ncc(-c3ccc(Oc4ccccc4)cc3)c12. The fraction of sp³-hybridized carbons (Fsp3) is 0. The van der Waals surface area contributed by atoms with E-state index in [-0.39, 0.29) is 0 Å². The van der Waals surface area contributed by atoms with Crippen LogP contribution in [0.4, 0.5) is 5.82 Å². The first-order valence-electron chi connectivity index (χ1n) is 10.6. The number of hydrogen-bond donors (Lipinski definition) is 2. The van der Waals surface area contributed by atoms with Crippen LogP contribution in [-0.4, -0.2) is 20.2 Å². The molecule has 6 heteroatoms. The summed E-state index contributed by atoms with van der Waals surface area (Å²) in [5, 5.41) is 9.26. The van der Waals surface area contributed by atoms with Crippen molar-refractivity contribution in [3.05, 3.63) is 97.3 Å². The van der Waals surface area contributed by atoms with Crippen molar-refractivity contribution in [2.45, 2.75) is 0 Å². The van der Waals surface area contributed by atoms with Gasteiger partial charge in [0.1, 0.15) is 11.5 Å². The Balaban J connectivity index is 1.41. The molecule has 0 aliphatic carbocycles. The van der Waals surface area contributed by atoms with Crippen LogP contribution >= 0.6 is 0 Å². The van der Waals surface area contributed by atoms with E-state index < -0.39 is 0 Å². The predicted octanol–water partition coefficient (Wildman–Crippen LogP) is 6.21. The van der Waals surface area contributed by atoms with Crippen LogP contribution in [0.2, 0.25) is 0 Å². The number of aromatic amines is 1. The van der Waals surface area contributed by atoms with E-state index in [1.54, 1.807) is 6.20 Å². The number of aromatic nitrogens is 4. The number of pyridine rings is 2. The highest BCUT2D eigenvalue weighted by atomic mass is 16.5. The number of ether oxygens (including phenoxy) is 1. The molecule has 3 aromatic heterocycles. The zero-order valence-corrected chi connectivity index (χ0v) is 17.6. The van der Waals surface area contributed by atoms with E-state index in [1.807, 2.05) is 85.1 Å². The van der Waals surface area contributed by atoms with Gasteiger partial charge in [-0.3, -0.25) is 15.1 Å². The minimum absolute atomic E-state index is 0.440. The van der Waals surface area contributed by atoms with Gasteiger partial charge in [0.25, 0.3) is 0 Å². The number of H-pyrrole nitrogens is 1. The molecule has 3 heterocycles. The van der Waals surface area contributed by atoms with Gasteiger partial charge in [0, 0.05) is 28.9 Å². The Morgan fingerprint density at radius 1 is 0.758 bits per heavy atom. The van der Waals surface area contributed by atoms with Crippen LogP contribution in [0.25, 0.3) is 44.2 Å². The Labute approximate surface area is 189 Å². The zero-order valence-electron chi connectivity index (χ0n) is 17.6. The molecule has 158 valence electrons. The van der Waals surface area contributed by atoms with E-state index in [0.29, 0.717) is 5.82 Å². The van der Waals surface area contributed by atoms with E-state index in [2.05, 4.69) is 21.2 Å². The summed E-state index contributed by atoms with van der Waals surface area (Å²) in [7, 11) is 0. The first-order valence-corrected chi connectivity index (χ1v) is 10.6. The first-order chi connectivity index (χ1) is 16.3. The van der Waals surface area contributed by atoms with Crippen LogP contribution in [0.1, 0.15) is 0 Å². The predicted molar refractivity (Wildman–Crippen MR) is 131 cm³/mol. The van der Waals surface area contributed by atoms with E-state index >= 15 is 0 Å². The smallest absolute Gasteiger partial charge is 0.153 e. The summed E-state index contributed by atoms with van der Waals surface area (Å²) in [6, 6.07) is 27.6. The molecule has 0 atom stereocenters. The van der Waals surface area contributed by atoms with Gasteiger partial charge < -0.3 is 10.5 Å². The van der Waals surface area contributed by atoms with Gasteiger partial charge in [-0.1, -0.05) is 42.5 Å². The Morgan fingerprint density at radius 2 is 1.55 bits per heavy atom. The molecule has 0 unspecified atom stereocenters. The normalized spacial score (nSPS) is 11.2. The van der Waals surface area contributed by atoms with Crippen LogP contribution in [0.5, 0.6) is 11.5 Å². The molecule has 33 heavy (non-hydrogen) atoms. The summed E-state index contributed by atoms with van der Waals surface area (Å²) in [4.78, 5) is 9.18. The third-order valence-corrected chi connectivity index (χ3v) is 5.64. The summed E-state index contributed by atoms with van der Waals surface area (Å²) in [6.45, 7) is 0. The number of rotatable bonds is 4. The number of nitrogen functional groups attached to an aromatic ring is 1. The molecule has 0 saturated heterocycles. The standard InChI is InChI=1S/C27H19N5O/c28-27-24-22(17-8-11-21(12-9-17)33-20-6-2-1-3-7-20)16-30-25(26(24)31-32-27)19-10-13-23-18(15-19)5-4-14-29-23/h1-16H,(H3,28,31,32). The van der Waals surface area contributed by atoms with Crippen LogP contribution in [0.15, 0.2) is 97.3 Å². The third-order valence-electron chi connectivity index (χ3n) is 5.64. The van der Waals surface area contributed by atoms with E-state index in [0.717, 1.165) is 55.7 Å². The lowest BCUT2D eigenvalue weighted by Crippen LogP contribution is -1.92. The van der Waals surface area contributed by atoms with Crippen LogP contribution in [0, 0.1) is 0 Å². The van der Waals surface area contributed by atoms with Crippen LogP contribution < -0.4 is 10.5 Å². The second-order valence-electron chi connectivity index (χ2n) is 7.73. The number of fused-ring (bicyclic) bond motifs is 2. The number of nitrogens with two attached hydrogens (primary N) is 1. The quantitative estimate of drug-likeness (QED) is 0.347. The molecule has 0 saturated carbocycles. The molecule has 0 amide bonds. The maximum atomic E-state index is 6.28. The highest BCUT2D eigenvalue weighted by molar-refractivity contribution is 6.06. The van der Waals surface area contributed by atoms with Gasteiger partial charge in [-0.2, -0.15) is 5.10 Å². The molecule has 6 aromatic rings. The maximum absolute atomic E-state index is 6.28. The van der Waals surface area contributed by atoms with Gasteiger partial charge in [-0.05, 0) is 48.0 Å². The molecule has 6 nitrogen and oxygen atoms in total. The largest absolute Gasteiger partial charge is 0.457 e. The maximum Gasteiger partial charge on any atom is 0.153 e. The van der Waals surface area contributed by atoms with E-state index in [1.165, 1.54) is 0 Å². The van der Waals surface area contributed by atoms with Crippen LogP contribution in [-0.2, 0) is 0 Å². The molecule has 0 spiro atoms. The average molecular weight is 429 g/mol. The van der Waals surface area contributed by atoms with Crippen LogP contribution in [0.3, 0.4) is 0 Å². The highest BCUT2D eigenvalue weighted by Crippen LogP contribution is 2.37. The van der Waals surface area contributed by atoms with Gasteiger partial charge in [0.2, 0.25) is 0 Å². The molecule has 0 fully saturated rings. The van der Waals surface area contributed by atoms with Crippen molar-refractivity contribution in [3.8, 4) is 33.9 Å². The summed E-state index contributed by atoms with van der Waals surface area (Å²) in [6.07, 6.45) is 3.64. The van der Waals surface area contributed by atoms with Crippen molar-refractivity contribution in [2.24, 2.45) is 0 Å². The van der Waals surface area contributed by atoms with Gasteiger partial charge in [0.15, 0.2) is 5.82 Å². The number of nitrogens with zero attached hydrogens (tertiary/aromatic N) is 3. The third kappa shape index (κ3) is 3.43. The Bertz CT molecular complexity index is 1590. The minimum Gasteiger partial charge on any atom is -0.457 e. The lowest BCUT2D eigenvalue weighted by atomic mass is 10.00. The molecule has 3 N–H and O–H groups in total. The van der Waals surface area contributed by atoms with Crippen molar-refractivity contribution in [3.63, 3.8) is 0 Å². The van der Waals surface area contributed by atoms with Gasteiger partial charge in [0.05, 0.1) is 22.1 Å². The zero-order chi connectivity index (χ0) is 22.2. The van der Waals surface area contributed by atoms with E-state index in [4.69, 9.17) is 15.5 Å². The number of hydrogen-bond acceptors (Lipinski definition) is 5. The van der Waals surface area contributed by atoms with Gasteiger partial charge in [-0.25, -0.2) is 0 Å². The Morgan fingerprint density at radius 3 is 2.39 bits per heavy atom. The lowest BCUT2D eigenvalue weighted by Gasteiger charge is -2.10.